The Bertz CT molecular complexity index is 539. The van der Waals surface area contributed by atoms with E-state index >= 15 is 0 Å². The minimum Gasteiger partial charge on any atom is -0.393 e. The van der Waals surface area contributed by atoms with E-state index in [-0.39, 0.29) is 28.8 Å². The summed E-state index contributed by atoms with van der Waals surface area (Å²) in [4.78, 5) is 11.8. The number of aliphatic hydroxyl groups excluding tert-OH is 2. The fourth-order valence-electron chi connectivity index (χ4n) is 6.50. The van der Waals surface area contributed by atoms with Crippen molar-refractivity contribution in [1.29, 1.82) is 0 Å². The Balaban J connectivity index is 1.74. The first-order valence-electron chi connectivity index (χ1n) is 8.96. The molecule has 122 valence electrons. The molecule has 4 rings (SSSR count). The average molecular weight is 304 g/mol. The van der Waals surface area contributed by atoms with E-state index in [1.165, 1.54) is 5.57 Å². The van der Waals surface area contributed by atoms with E-state index in [1.807, 2.05) is 6.08 Å². The van der Waals surface area contributed by atoms with Gasteiger partial charge >= 0.3 is 0 Å². The second-order valence-electron chi connectivity index (χ2n) is 8.75. The van der Waals surface area contributed by atoms with Crippen LogP contribution >= 0.6 is 0 Å². The fourth-order valence-corrected chi connectivity index (χ4v) is 6.50. The molecule has 3 fully saturated rings. The molecule has 6 unspecified atom stereocenters. The van der Waals surface area contributed by atoms with Gasteiger partial charge in [-0.15, -0.1) is 0 Å². The smallest absolute Gasteiger partial charge is 0.155 e. The molecule has 0 bridgehead atoms. The quantitative estimate of drug-likeness (QED) is 0.723. The zero-order valence-corrected chi connectivity index (χ0v) is 13.7. The van der Waals surface area contributed by atoms with Gasteiger partial charge in [-0.1, -0.05) is 19.4 Å². The lowest BCUT2D eigenvalue weighted by atomic mass is 9.46. The summed E-state index contributed by atoms with van der Waals surface area (Å²) in [6.07, 6.45) is 7.61. The van der Waals surface area contributed by atoms with E-state index in [2.05, 4.69) is 13.8 Å². The minimum absolute atomic E-state index is 0.00971. The number of hydrogen-bond acceptors (Lipinski definition) is 3. The van der Waals surface area contributed by atoms with Crippen LogP contribution in [0.25, 0.3) is 0 Å². The van der Waals surface area contributed by atoms with Crippen LogP contribution in [0, 0.1) is 28.6 Å². The molecule has 0 heterocycles. The van der Waals surface area contributed by atoms with Gasteiger partial charge in [-0.05, 0) is 73.2 Å². The zero-order chi connectivity index (χ0) is 15.7. The molecule has 0 aliphatic heterocycles. The topological polar surface area (TPSA) is 57.5 Å². The largest absolute Gasteiger partial charge is 0.393 e. The Morgan fingerprint density at radius 3 is 2.64 bits per heavy atom. The first-order chi connectivity index (χ1) is 10.4. The number of fused-ring (bicyclic) bond motifs is 5. The summed E-state index contributed by atoms with van der Waals surface area (Å²) in [6, 6.07) is 0. The van der Waals surface area contributed by atoms with E-state index in [4.69, 9.17) is 0 Å². The van der Waals surface area contributed by atoms with Crippen LogP contribution in [0.4, 0.5) is 0 Å². The molecule has 0 aromatic heterocycles. The molecule has 0 saturated heterocycles. The van der Waals surface area contributed by atoms with E-state index in [0.29, 0.717) is 30.6 Å². The van der Waals surface area contributed by atoms with Crippen LogP contribution in [0.3, 0.4) is 0 Å². The SMILES string of the molecule is CC12CCC(=O)C=C1C[C@@H](O)C1C2CCC2(C)C(O)CCC12. The molecular formula is C19H28O3. The van der Waals surface area contributed by atoms with Crippen molar-refractivity contribution in [3.05, 3.63) is 11.6 Å². The van der Waals surface area contributed by atoms with Crippen LogP contribution in [0.2, 0.25) is 0 Å². The summed E-state index contributed by atoms with van der Waals surface area (Å²) >= 11 is 0. The number of ketones is 1. The summed E-state index contributed by atoms with van der Waals surface area (Å²) in [5.74, 6) is 1.44. The van der Waals surface area contributed by atoms with Crippen LogP contribution in [0.15, 0.2) is 11.6 Å². The van der Waals surface area contributed by atoms with Gasteiger partial charge in [0, 0.05) is 6.42 Å². The van der Waals surface area contributed by atoms with Crippen molar-refractivity contribution in [2.24, 2.45) is 28.6 Å². The lowest BCUT2D eigenvalue weighted by molar-refractivity contribution is -0.127. The summed E-state index contributed by atoms with van der Waals surface area (Å²) in [7, 11) is 0. The molecule has 0 radical (unpaired) electrons. The predicted molar refractivity (Wildman–Crippen MR) is 84.1 cm³/mol. The van der Waals surface area contributed by atoms with Crippen molar-refractivity contribution in [1.82, 2.24) is 0 Å². The van der Waals surface area contributed by atoms with Crippen molar-refractivity contribution in [2.75, 3.05) is 0 Å². The van der Waals surface area contributed by atoms with E-state index in [0.717, 1.165) is 32.1 Å². The van der Waals surface area contributed by atoms with Gasteiger partial charge in [0.1, 0.15) is 0 Å². The molecule has 3 saturated carbocycles. The standard InChI is InChI=1S/C19H28O3/c1-18-7-5-12(20)9-11(18)10-15(21)17-13-3-4-16(22)19(13,2)8-6-14(17)18/h9,13-17,21-22H,3-8,10H2,1-2H3/t13?,14?,15-,16?,17?,18?,19?/m1/s1. The van der Waals surface area contributed by atoms with Crippen LogP contribution in [-0.4, -0.2) is 28.2 Å². The Morgan fingerprint density at radius 1 is 1.09 bits per heavy atom. The Hall–Kier alpha value is -0.670. The zero-order valence-electron chi connectivity index (χ0n) is 13.7. The van der Waals surface area contributed by atoms with Gasteiger partial charge in [0.15, 0.2) is 5.78 Å². The third kappa shape index (κ3) is 1.78. The number of carbonyl (C=O) groups is 1. The van der Waals surface area contributed by atoms with Crippen LogP contribution in [0.5, 0.6) is 0 Å². The van der Waals surface area contributed by atoms with Crippen molar-refractivity contribution in [3.63, 3.8) is 0 Å². The Morgan fingerprint density at radius 2 is 1.86 bits per heavy atom. The molecule has 4 aliphatic carbocycles. The van der Waals surface area contributed by atoms with Gasteiger partial charge in [-0.25, -0.2) is 0 Å². The van der Waals surface area contributed by atoms with Gasteiger partial charge in [-0.2, -0.15) is 0 Å². The molecule has 7 atom stereocenters. The van der Waals surface area contributed by atoms with Crippen molar-refractivity contribution < 1.29 is 15.0 Å². The van der Waals surface area contributed by atoms with Crippen molar-refractivity contribution >= 4 is 5.78 Å². The minimum atomic E-state index is -0.342. The lowest BCUT2D eigenvalue weighted by Crippen LogP contribution is -2.55. The summed E-state index contributed by atoms with van der Waals surface area (Å²) < 4.78 is 0. The van der Waals surface area contributed by atoms with Gasteiger partial charge in [0.2, 0.25) is 0 Å². The molecule has 0 aromatic carbocycles. The number of aliphatic hydroxyl groups is 2. The highest BCUT2D eigenvalue weighted by Crippen LogP contribution is 2.65. The molecule has 2 N–H and O–H groups in total. The fraction of sp³-hybridized carbons (Fsp3) is 0.842. The molecule has 22 heavy (non-hydrogen) atoms. The molecule has 3 heteroatoms. The van der Waals surface area contributed by atoms with Crippen LogP contribution in [0.1, 0.15) is 58.8 Å². The number of hydrogen-bond donors (Lipinski definition) is 2. The molecule has 0 amide bonds. The maximum absolute atomic E-state index is 11.8. The highest BCUT2D eigenvalue weighted by atomic mass is 16.3. The first kappa shape index (κ1) is 14.9. The second kappa shape index (κ2) is 4.67. The van der Waals surface area contributed by atoms with Gasteiger partial charge in [0.05, 0.1) is 12.2 Å². The molecular weight excluding hydrogens is 276 g/mol. The number of rotatable bonds is 0. The third-order valence-corrected chi connectivity index (χ3v) is 7.93. The second-order valence-corrected chi connectivity index (χ2v) is 8.75. The average Bonchev–Trinajstić information content (AvgIpc) is 2.77. The summed E-state index contributed by atoms with van der Waals surface area (Å²) in [6.45, 7) is 4.55. The predicted octanol–water partition coefficient (Wildman–Crippen LogP) is 2.85. The summed E-state index contributed by atoms with van der Waals surface area (Å²) in [5, 5.41) is 21.3. The first-order valence-corrected chi connectivity index (χ1v) is 8.96. The van der Waals surface area contributed by atoms with Gasteiger partial charge in [0.25, 0.3) is 0 Å². The maximum atomic E-state index is 11.8. The molecule has 4 aliphatic rings. The normalized spacial score (nSPS) is 54.3. The summed E-state index contributed by atoms with van der Waals surface area (Å²) in [5.41, 5.74) is 1.27. The van der Waals surface area contributed by atoms with Crippen molar-refractivity contribution in [3.8, 4) is 0 Å². The highest BCUT2D eigenvalue weighted by Gasteiger charge is 2.61. The molecule has 3 nitrogen and oxygen atoms in total. The number of carbonyl (C=O) groups excluding carboxylic acids is 1. The monoisotopic (exact) mass is 304 g/mol. The third-order valence-electron chi connectivity index (χ3n) is 7.93. The van der Waals surface area contributed by atoms with Crippen molar-refractivity contribution in [2.45, 2.75) is 71.0 Å². The van der Waals surface area contributed by atoms with E-state index in [9.17, 15) is 15.0 Å². The van der Waals surface area contributed by atoms with Crippen LogP contribution in [-0.2, 0) is 4.79 Å². The van der Waals surface area contributed by atoms with Crippen LogP contribution < -0.4 is 0 Å². The Labute approximate surface area is 132 Å². The van der Waals surface area contributed by atoms with E-state index < -0.39 is 0 Å². The van der Waals surface area contributed by atoms with Gasteiger partial charge < -0.3 is 10.2 Å². The van der Waals surface area contributed by atoms with Gasteiger partial charge in [-0.3, -0.25) is 4.79 Å². The lowest BCUT2D eigenvalue weighted by Gasteiger charge is -2.59. The molecule has 0 aromatic rings. The Kier molecular flexibility index (Phi) is 3.16. The maximum Gasteiger partial charge on any atom is 0.155 e. The van der Waals surface area contributed by atoms with E-state index in [1.54, 1.807) is 0 Å². The molecule has 0 spiro atoms. The highest BCUT2D eigenvalue weighted by molar-refractivity contribution is 5.91.